The molecule has 1 saturated carbocycles. The molecular formula is C14H24N2O2. The highest BCUT2D eigenvalue weighted by Gasteiger charge is 2.40. The number of carbonyl (C=O) groups is 1. The molecule has 0 spiro atoms. The fourth-order valence-electron chi connectivity index (χ4n) is 2.18. The fraction of sp³-hybridized carbons (Fsp3) is 0.857. The van der Waals surface area contributed by atoms with Crippen LogP contribution in [0.15, 0.2) is 0 Å². The molecule has 18 heavy (non-hydrogen) atoms. The van der Waals surface area contributed by atoms with E-state index >= 15 is 0 Å². The molecule has 1 atom stereocenters. The van der Waals surface area contributed by atoms with Gasteiger partial charge in [0, 0.05) is 6.54 Å². The zero-order chi connectivity index (χ0) is 13.8. The number of amides is 1. The highest BCUT2D eigenvalue weighted by molar-refractivity contribution is 5.85. The monoisotopic (exact) mass is 252 g/mol. The molecule has 4 nitrogen and oxygen atoms in total. The lowest BCUT2D eigenvalue weighted by atomic mass is 9.74. The van der Waals surface area contributed by atoms with E-state index in [1.165, 1.54) is 0 Å². The average Bonchev–Trinajstić information content (AvgIpc) is 2.36. The largest absolute Gasteiger partial charge is 0.388 e. The second-order valence-electron chi connectivity index (χ2n) is 5.95. The number of nitriles is 1. The molecule has 2 N–H and O–H groups in total. The van der Waals surface area contributed by atoms with Gasteiger partial charge in [-0.3, -0.25) is 4.79 Å². The van der Waals surface area contributed by atoms with Crippen LogP contribution in [0.25, 0.3) is 0 Å². The molecule has 1 amide bonds. The Morgan fingerprint density at radius 3 is 2.44 bits per heavy atom. The molecule has 0 aromatic heterocycles. The zero-order valence-electron chi connectivity index (χ0n) is 11.6. The van der Waals surface area contributed by atoms with Gasteiger partial charge in [-0.15, -0.1) is 0 Å². The SMILES string of the molecule is CC(C)C(C)(O)CNC(=O)C1(C#N)CCCCC1. The summed E-state index contributed by atoms with van der Waals surface area (Å²) in [5.41, 5.74) is -1.80. The number of nitrogens with one attached hydrogen (secondary N) is 1. The summed E-state index contributed by atoms with van der Waals surface area (Å²) in [5.74, 6) is -0.159. The molecule has 0 aromatic rings. The maximum absolute atomic E-state index is 12.2. The van der Waals surface area contributed by atoms with E-state index in [1.54, 1.807) is 6.92 Å². The summed E-state index contributed by atoms with van der Waals surface area (Å²) in [6.45, 7) is 5.73. The Balaban J connectivity index is 2.62. The van der Waals surface area contributed by atoms with Crippen molar-refractivity contribution in [2.24, 2.45) is 11.3 Å². The van der Waals surface area contributed by atoms with Crippen molar-refractivity contribution in [1.29, 1.82) is 5.26 Å². The van der Waals surface area contributed by atoms with Crippen molar-refractivity contribution in [2.75, 3.05) is 6.54 Å². The Kier molecular flexibility index (Phi) is 4.75. The molecule has 1 rings (SSSR count). The van der Waals surface area contributed by atoms with Gasteiger partial charge in [0.2, 0.25) is 5.91 Å². The molecule has 1 unspecified atom stereocenters. The molecule has 0 heterocycles. The summed E-state index contributed by atoms with van der Waals surface area (Å²) in [5, 5.41) is 22.1. The quantitative estimate of drug-likeness (QED) is 0.803. The summed E-state index contributed by atoms with van der Waals surface area (Å²) in [6.07, 6.45) is 4.24. The summed E-state index contributed by atoms with van der Waals surface area (Å²) in [6, 6.07) is 2.19. The molecule has 0 aliphatic heterocycles. The van der Waals surface area contributed by atoms with Crippen LogP contribution in [0.4, 0.5) is 0 Å². The minimum Gasteiger partial charge on any atom is -0.388 e. The molecule has 0 saturated heterocycles. The van der Waals surface area contributed by atoms with Crippen molar-refractivity contribution in [2.45, 2.75) is 58.5 Å². The second-order valence-corrected chi connectivity index (χ2v) is 5.95. The van der Waals surface area contributed by atoms with Gasteiger partial charge in [-0.05, 0) is 25.7 Å². The number of hydrogen-bond donors (Lipinski definition) is 2. The first-order chi connectivity index (χ1) is 8.34. The first-order valence-electron chi connectivity index (χ1n) is 6.76. The predicted molar refractivity (Wildman–Crippen MR) is 69.6 cm³/mol. The predicted octanol–water partition coefficient (Wildman–Crippen LogP) is 1.98. The van der Waals surface area contributed by atoms with Crippen molar-refractivity contribution < 1.29 is 9.90 Å². The van der Waals surface area contributed by atoms with E-state index in [1.807, 2.05) is 13.8 Å². The van der Waals surface area contributed by atoms with Crippen LogP contribution in [0, 0.1) is 22.7 Å². The molecule has 1 aliphatic carbocycles. The topological polar surface area (TPSA) is 73.1 Å². The minimum absolute atomic E-state index is 0.0576. The number of rotatable bonds is 4. The van der Waals surface area contributed by atoms with Gasteiger partial charge in [0.1, 0.15) is 5.41 Å². The maximum Gasteiger partial charge on any atom is 0.240 e. The van der Waals surface area contributed by atoms with Crippen molar-refractivity contribution in [3.05, 3.63) is 0 Å². The van der Waals surface area contributed by atoms with Crippen molar-refractivity contribution in [3.63, 3.8) is 0 Å². The summed E-state index contributed by atoms with van der Waals surface area (Å²) in [7, 11) is 0. The Morgan fingerprint density at radius 2 is 2.00 bits per heavy atom. The fourth-order valence-corrected chi connectivity index (χ4v) is 2.18. The van der Waals surface area contributed by atoms with Crippen molar-refractivity contribution >= 4 is 5.91 Å². The van der Waals surface area contributed by atoms with Gasteiger partial charge in [0.05, 0.1) is 11.7 Å². The second kappa shape index (κ2) is 5.71. The van der Waals surface area contributed by atoms with Gasteiger partial charge < -0.3 is 10.4 Å². The number of aliphatic hydroxyl groups is 1. The van der Waals surface area contributed by atoms with E-state index in [2.05, 4.69) is 11.4 Å². The van der Waals surface area contributed by atoms with Gasteiger partial charge in [0.15, 0.2) is 0 Å². The van der Waals surface area contributed by atoms with Crippen molar-refractivity contribution in [1.82, 2.24) is 5.32 Å². The van der Waals surface area contributed by atoms with E-state index in [0.29, 0.717) is 12.8 Å². The highest BCUT2D eigenvalue weighted by Crippen LogP contribution is 2.35. The number of carbonyl (C=O) groups excluding carboxylic acids is 1. The van der Waals surface area contributed by atoms with Gasteiger partial charge in [-0.1, -0.05) is 33.1 Å². The number of nitrogens with zero attached hydrogens (tertiary/aromatic N) is 1. The van der Waals surface area contributed by atoms with Crippen LogP contribution in [-0.2, 0) is 4.79 Å². The molecule has 0 bridgehead atoms. The van der Waals surface area contributed by atoms with Crippen LogP contribution in [0.2, 0.25) is 0 Å². The minimum atomic E-state index is -0.930. The average molecular weight is 252 g/mol. The highest BCUT2D eigenvalue weighted by atomic mass is 16.3. The zero-order valence-corrected chi connectivity index (χ0v) is 11.6. The third kappa shape index (κ3) is 3.23. The third-order valence-corrected chi connectivity index (χ3v) is 4.21. The lowest BCUT2D eigenvalue weighted by molar-refractivity contribution is -0.131. The smallest absolute Gasteiger partial charge is 0.240 e. The van der Waals surface area contributed by atoms with E-state index in [0.717, 1.165) is 19.3 Å². The summed E-state index contributed by atoms with van der Waals surface area (Å²) in [4.78, 5) is 12.2. The molecule has 0 radical (unpaired) electrons. The van der Waals surface area contributed by atoms with E-state index in [-0.39, 0.29) is 18.4 Å². The third-order valence-electron chi connectivity index (χ3n) is 4.21. The lowest BCUT2D eigenvalue weighted by Crippen LogP contribution is -2.49. The van der Waals surface area contributed by atoms with Crippen LogP contribution in [0.1, 0.15) is 52.9 Å². The van der Waals surface area contributed by atoms with E-state index in [9.17, 15) is 15.2 Å². The summed E-state index contributed by atoms with van der Waals surface area (Å²) >= 11 is 0. The molecular weight excluding hydrogens is 228 g/mol. The standard InChI is InChI=1S/C14H24N2O2/c1-11(2)13(3,18)10-16-12(17)14(9-15)7-5-4-6-8-14/h11,18H,4-8,10H2,1-3H3,(H,16,17). The molecule has 1 fully saturated rings. The van der Waals surface area contributed by atoms with Gasteiger partial charge in [-0.2, -0.15) is 5.26 Å². The Morgan fingerprint density at radius 1 is 1.44 bits per heavy atom. The van der Waals surface area contributed by atoms with Crippen LogP contribution in [0.5, 0.6) is 0 Å². The Bertz CT molecular complexity index is 336. The first kappa shape index (κ1) is 15.0. The van der Waals surface area contributed by atoms with Crippen LogP contribution in [0.3, 0.4) is 0 Å². The first-order valence-corrected chi connectivity index (χ1v) is 6.76. The van der Waals surface area contributed by atoms with Gasteiger partial charge >= 0.3 is 0 Å². The van der Waals surface area contributed by atoms with Gasteiger partial charge in [-0.25, -0.2) is 0 Å². The van der Waals surface area contributed by atoms with E-state index in [4.69, 9.17) is 0 Å². The molecule has 102 valence electrons. The Labute approximate surface area is 109 Å². The van der Waals surface area contributed by atoms with Crippen LogP contribution < -0.4 is 5.32 Å². The lowest BCUT2D eigenvalue weighted by Gasteiger charge is -2.32. The molecule has 4 heteroatoms. The Hall–Kier alpha value is -1.08. The maximum atomic E-state index is 12.2. The van der Waals surface area contributed by atoms with Gasteiger partial charge in [0.25, 0.3) is 0 Å². The number of hydrogen-bond acceptors (Lipinski definition) is 3. The normalized spacial score (nSPS) is 22.0. The van der Waals surface area contributed by atoms with Crippen molar-refractivity contribution in [3.8, 4) is 6.07 Å². The van der Waals surface area contributed by atoms with E-state index < -0.39 is 11.0 Å². The summed E-state index contributed by atoms with van der Waals surface area (Å²) < 4.78 is 0. The molecule has 1 aliphatic rings. The molecule has 0 aromatic carbocycles. The van der Waals surface area contributed by atoms with Crippen LogP contribution in [-0.4, -0.2) is 23.2 Å². The van der Waals surface area contributed by atoms with Crippen LogP contribution >= 0.6 is 0 Å².